The summed E-state index contributed by atoms with van der Waals surface area (Å²) in [5.41, 5.74) is 5.78. The van der Waals surface area contributed by atoms with E-state index in [1.807, 2.05) is 0 Å². The van der Waals surface area contributed by atoms with Gasteiger partial charge in [-0.05, 0) is 62.5 Å². The number of halogens is 4. The van der Waals surface area contributed by atoms with Crippen LogP contribution in [0.5, 0.6) is 6.01 Å². The Morgan fingerprint density at radius 2 is 2.00 bits per heavy atom. The van der Waals surface area contributed by atoms with Crippen molar-refractivity contribution in [3.05, 3.63) is 53.6 Å². The Morgan fingerprint density at radius 3 is 2.75 bits per heavy atom. The van der Waals surface area contributed by atoms with Gasteiger partial charge in [-0.2, -0.15) is 24.0 Å². The number of hydrogen-bond donors (Lipinski definition) is 2. The molecule has 0 saturated carbocycles. The SMILES string of the molecule is N#Cc1c(N)sc2cccc(-c3c(F)cc4c(N5CCNC(C=C(F)F)C5)nc(OCC56CCCN5CCC6)nc4c3F)c12. The van der Waals surface area contributed by atoms with Gasteiger partial charge in [-0.25, -0.2) is 8.78 Å². The van der Waals surface area contributed by atoms with Crippen molar-refractivity contribution in [2.75, 3.05) is 50.0 Å². The molecule has 0 radical (unpaired) electrons. The molecule has 5 heterocycles. The second kappa shape index (κ2) is 11.2. The van der Waals surface area contributed by atoms with Gasteiger partial charge in [0.1, 0.15) is 34.8 Å². The second-order valence-corrected chi connectivity index (χ2v) is 12.7. The fourth-order valence-corrected chi connectivity index (χ4v) is 8.04. The fourth-order valence-electron chi connectivity index (χ4n) is 7.09. The van der Waals surface area contributed by atoms with E-state index in [9.17, 15) is 14.0 Å². The Morgan fingerprint density at radius 1 is 1.20 bits per heavy atom. The van der Waals surface area contributed by atoms with E-state index in [1.54, 1.807) is 23.1 Å². The van der Waals surface area contributed by atoms with Gasteiger partial charge >= 0.3 is 6.01 Å². The zero-order chi connectivity index (χ0) is 30.6. The topological polar surface area (TPSA) is 103 Å². The Kier molecular flexibility index (Phi) is 7.31. The molecule has 0 spiro atoms. The fraction of sp³-hybridized carbons (Fsp3) is 0.387. The highest BCUT2D eigenvalue weighted by Gasteiger charge is 2.45. The third-order valence-corrected chi connectivity index (χ3v) is 10.1. The van der Waals surface area contributed by atoms with Gasteiger partial charge < -0.3 is 20.7 Å². The number of benzene rings is 2. The molecule has 0 bridgehead atoms. The molecule has 44 heavy (non-hydrogen) atoms. The minimum Gasteiger partial charge on any atom is -0.461 e. The molecule has 0 amide bonds. The first-order chi connectivity index (χ1) is 21.3. The first-order valence-corrected chi connectivity index (χ1v) is 15.4. The average Bonchev–Trinajstić information content (AvgIpc) is 3.67. The van der Waals surface area contributed by atoms with Gasteiger partial charge in [0, 0.05) is 41.1 Å². The number of fused-ring (bicyclic) bond motifs is 3. The highest BCUT2D eigenvalue weighted by Crippen LogP contribution is 2.44. The lowest BCUT2D eigenvalue weighted by molar-refractivity contribution is 0.108. The van der Waals surface area contributed by atoms with Crippen LogP contribution in [-0.2, 0) is 0 Å². The van der Waals surface area contributed by atoms with Gasteiger partial charge in [0.2, 0.25) is 0 Å². The number of hydrogen-bond acceptors (Lipinski definition) is 9. The molecule has 3 saturated heterocycles. The third kappa shape index (κ3) is 4.81. The molecule has 2 aromatic heterocycles. The first kappa shape index (κ1) is 28.8. The van der Waals surface area contributed by atoms with Crippen molar-refractivity contribution in [3.63, 3.8) is 0 Å². The molecule has 8 nitrogen and oxygen atoms in total. The van der Waals surface area contributed by atoms with Crippen LogP contribution in [0, 0.1) is 23.0 Å². The van der Waals surface area contributed by atoms with Crippen molar-refractivity contribution in [2.45, 2.75) is 37.3 Å². The maximum atomic E-state index is 16.7. The molecular formula is C31H29F4N7OS. The Labute approximate surface area is 254 Å². The van der Waals surface area contributed by atoms with E-state index in [2.05, 4.69) is 26.3 Å². The zero-order valence-corrected chi connectivity index (χ0v) is 24.5. The number of piperazine rings is 1. The third-order valence-electron chi connectivity index (χ3n) is 9.08. The summed E-state index contributed by atoms with van der Waals surface area (Å²) < 4.78 is 65.8. The van der Waals surface area contributed by atoms with Crippen LogP contribution in [0.2, 0.25) is 0 Å². The van der Waals surface area contributed by atoms with Crippen LogP contribution in [-0.4, -0.2) is 65.8 Å². The minimum atomic E-state index is -1.82. The smallest absolute Gasteiger partial charge is 0.319 e. The van der Waals surface area contributed by atoms with E-state index in [1.165, 1.54) is 17.4 Å². The maximum absolute atomic E-state index is 16.7. The number of aromatic nitrogens is 2. The molecule has 3 fully saturated rings. The summed E-state index contributed by atoms with van der Waals surface area (Å²) in [4.78, 5) is 13.2. The quantitative estimate of drug-likeness (QED) is 0.260. The van der Waals surface area contributed by atoms with Crippen molar-refractivity contribution in [1.82, 2.24) is 20.2 Å². The Balaban J connectivity index is 1.38. The van der Waals surface area contributed by atoms with Gasteiger partial charge in [-0.3, -0.25) is 4.90 Å². The number of nitrogen functional groups attached to an aromatic ring is 1. The van der Waals surface area contributed by atoms with Crippen LogP contribution in [0.4, 0.5) is 28.4 Å². The van der Waals surface area contributed by atoms with Crippen molar-refractivity contribution < 1.29 is 22.3 Å². The lowest BCUT2D eigenvalue weighted by Gasteiger charge is -2.34. The number of nitrogens with one attached hydrogen (secondary N) is 1. The molecule has 1 atom stereocenters. The highest BCUT2D eigenvalue weighted by molar-refractivity contribution is 7.23. The number of anilines is 2. The maximum Gasteiger partial charge on any atom is 0.319 e. The van der Waals surface area contributed by atoms with Gasteiger partial charge in [0.15, 0.2) is 5.82 Å². The predicted octanol–water partition coefficient (Wildman–Crippen LogP) is 5.81. The van der Waals surface area contributed by atoms with Crippen LogP contribution >= 0.6 is 11.3 Å². The molecule has 1 unspecified atom stereocenters. The van der Waals surface area contributed by atoms with Crippen LogP contribution in [0.15, 0.2) is 36.4 Å². The predicted molar refractivity (Wildman–Crippen MR) is 162 cm³/mol. The molecule has 0 aliphatic carbocycles. The average molecular weight is 624 g/mol. The Bertz CT molecular complexity index is 1840. The summed E-state index contributed by atoms with van der Waals surface area (Å²) in [5, 5.41) is 13.5. The molecule has 13 heteroatoms. The minimum absolute atomic E-state index is 0.0601. The summed E-state index contributed by atoms with van der Waals surface area (Å²) in [6, 6.07) is 7.44. The van der Waals surface area contributed by atoms with Gasteiger partial charge in [-0.15, -0.1) is 11.3 Å². The lowest BCUT2D eigenvalue weighted by Crippen LogP contribution is -2.50. The van der Waals surface area contributed by atoms with Crippen LogP contribution < -0.4 is 20.7 Å². The largest absolute Gasteiger partial charge is 0.461 e. The van der Waals surface area contributed by atoms with Crippen molar-refractivity contribution in [2.24, 2.45) is 0 Å². The Hall–Kier alpha value is -3.99. The number of rotatable bonds is 6. The number of nitriles is 1. The molecule has 2 aromatic carbocycles. The highest BCUT2D eigenvalue weighted by atomic mass is 32.1. The van der Waals surface area contributed by atoms with E-state index in [-0.39, 0.29) is 56.5 Å². The van der Waals surface area contributed by atoms with E-state index < -0.39 is 23.8 Å². The molecule has 3 aliphatic rings. The number of nitrogens with zero attached hydrogens (tertiary/aromatic N) is 5. The normalized spacial score (nSPS) is 19.8. The number of nitrogens with two attached hydrogens (primary N) is 1. The molecule has 7 rings (SSSR count). The molecular weight excluding hydrogens is 594 g/mol. The summed E-state index contributed by atoms with van der Waals surface area (Å²) in [6.07, 6.45) is 3.09. The molecule has 228 valence electrons. The zero-order valence-electron chi connectivity index (χ0n) is 23.7. The van der Waals surface area contributed by atoms with E-state index in [4.69, 9.17) is 10.5 Å². The molecule has 3 N–H and O–H groups in total. The first-order valence-electron chi connectivity index (χ1n) is 14.6. The summed E-state index contributed by atoms with van der Waals surface area (Å²) in [7, 11) is 0. The van der Waals surface area contributed by atoms with Gasteiger partial charge in [0.05, 0.1) is 16.7 Å². The lowest BCUT2D eigenvalue weighted by atomic mass is 9.95. The van der Waals surface area contributed by atoms with Crippen molar-refractivity contribution in [3.8, 4) is 23.2 Å². The monoisotopic (exact) mass is 623 g/mol. The molecule has 3 aliphatic heterocycles. The molecule has 4 aromatic rings. The summed E-state index contributed by atoms with van der Waals surface area (Å²) in [5.74, 6) is -1.60. The van der Waals surface area contributed by atoms with Crippen LogP contribution in [0.25, 0.3) is 32.1 Å². The standard InChI is InChI=1S/C31H29F4N7OS/c32-21-13-19-27(26(35)25(21)18-4-1-5-22-24(18)20(14-36)28(37)44-22)39-30(43-16-31-6-2-9-42(31)10-3-7-31)40-29(19)41-11-8-38-17(15-41)12-23(33)34/h1,4-5,12-13,17,38H,2-3,6-11,15-16,37H2. The van der Waals surface area contributed by atoms with E-state index in [0.717, 1.165) is 44.8 Å². The van der Waals surface area contributed by atoms with Crippen molar-refractivity contribution in [1.29, 1.82) is 5.26 Å². The van der Waals surface area contributed by atoms with Crippen LogP contribution in [0.3, 0.4) is 0 Å². The van der Waals surface area contributed by atoms with Crippen molar-refractivity contribution >= 4 is 43.1 Å². The number of ether oxygens (including phenoxy) is 1. The van der Waals surface area contributed by atoms with Gasteiger partial charge in [0.25, 0.3) is 6.08 Å². The van der Waals surface area contributed by atoms with Gasteiger partial charge in [-0.1, -0.05) is 12.1 Å². The number of thiophene rings is 1. The summed E-state index contributed by atoms with van der Waals surface area (Å²) >= 11 is 1.17. The van der Waals surface area contributed by atoms with E-state index >= 15 is 8.78 Å². The second-order valence-electron chi connectivity index (χ2n) is 11.6. The van der Waals surface area contributed by atoms with Crippen LogP contribution in [0.1, 0.15) is 31.2 Å². The summed E-state index contributed by atoms with van der Waals surface area (Å²) in [6.45, 7) is 3.14. The van der Waals surface area contributed by atoms with E-state index in [0.29, 0.717) is 29.8 Å².